The minimum Gasteiger partial charge on any atom is -0.393 e. The maximum atomic E-state index is 13.8. The summed E-state index contributed by atoms with van der Waals surface area (Å²) < 4.78 is 3.90. The molecule has 2 heterocycles. The van der Waals surface area contributed by atoms with Gasteiger partial charge in [-0.1, -0.05) is 43.3 Å². The lowest BCUT2D eigenvalue weighted by Crippen LogP contribution is -2.62. The van der Waals surface area contributed by atoms with Crippen molar-refractivity contribution in [3.63, 3.8) is 0 Å². The summed E-state index contributed by atoms with van der Waals surface area (Å²) in [5, 5.41) is 28.6. The first-order valence-electron chi connectivity index (χ1n) is 14.7. The summed E-state index contributed by atoms with van der Waals surface area (Å²) in [5.74, 6) is 0.582. The maximum absolute atomic E-state index is 13.8. The van der Waals surface area contributed by atoms with Crippen molar-refractivity contribution in [3.8, 4) is 0 Å². The third kappa shape index (κ3) is 4.01. The molecule has 3 aromatic rings. The van der Waals surface area contributed by atoms with E-state index < -0.39 is 17.1 Å². The van der Waals surface area contributed by atoms with Crippen LogP contribution in [0.2, 0.25) is 0 Å². The average molecular weight is 589 g/mol. The molecule has 4 aliphatic carbocycles. The Morgan fingerprint density at radius 3 is 2.93 bits per heavy atom. The monoisotopic (exact) mass is 588 g/mol. The van der Waals surface area contributed by atoms with Gasteiger partial charge in [0, 0.05) is 5.41 Å². The SMILES string of the molecule is [C-]#[N+]CCn1ncc2c1C=C1CCC3C(C(O)CC4(C)C3CC[C@]4(O)C(=O)CSc3nc4ccccc4s3)C1(C)C2. The van der Waals surface area contributed by atoms with Crippen LogP contribution in [-0.4, -0.2) is 54.8 Å². The highest BCUT2D eigenvalue weighted by Crippen LogP contribution is 2.67. The highest BCUT2D eigenvalue weighted by molar-refractivity contribution is 8.01. The fourth-order valence-corrected chi connectivity index (χ4v) is 11.2. The minimum absolute atomic E-state index is 0.0786. The van der Waals surface area contributed by atoms with Gasteiger partial charge in [-0.2, -0.15) is 5.10 Å². The van der Waals surface area contributed by atoms with Gasteiger partial charge in [0.15, 0.2) is 10.1 Å². The first-order chi connectivity index (χ1) is 19.7. The van der Waals surface area contributed by atoms with E-state index in [4.69, 9.17) is 6.57 Å². The van der Waals surface area contributed by atoms with E-state index in [1.807, 2.05) is 35.1 Å². The molecule has 9 heteroatoms. The molecule has 41 heavy (non-hydrogen) atoms. The molecule has 3 saturated carbocycles. The second-order valence-corrected chi connectivity index (χ2v) is 15.3. The third-order valence-electron chi connectivity index (χ3n) is 11.1. The topological polar surface area (TPSA) is 92.6 Å². The van der Waals surface area contributed by atoms with E-state index in [-0.39, 0.29) is 34.7 Å². The number of ketones is 1. The lowest BCUT2D eigenvalue weighted by molar-refractivity contribution is -0.177. The summed E-state index contributed by atoms with van der Waals surface area (Å²) in [5.41, 5.74) is 2.33. The zero-order chi connectivity index (χ0) is 28.6. The third-order valence-corrected chi connectivity index (χ3v) is 13.3. The molecule has 0 amide bonds. The molecule has 0 radical (unpaired) electrons. The molecular formula is C32H36N4O3S2. The molecular weight excluding hydrogens is 553 g/mol. The number of aromatic nitrogens is 3. The Kier molecular flexibility index (Phi) is 6.51. The van der Waals surface area contributed by atoms with Crippen molar-refractivity contribution < 1.29 is 15.0 Å². The Morgan fingerprint density at radius 1 is 1.29 bits per heavy atom. The van der Waals surface area contributed by atoms with Gasteiger partial charge in [0.05, 0.1) is 34.0 Å². The van der Waals surface area contributed by atoms with E-state index in [0.29, 0.717) is 25.9 Å². The summed E-state index contributed by atoms with van der Waals surface area (Å²) in [7, 11) is 0. The summed E-state index contributed by atoms with van der Waals surface area (Å²) >= 11 is 3.00. The standard InChI is InChI=1S/C32H36N4O3S2/c1-30-15-19-17-34-36(13-12-33-3)24(19)14-20(30)8-9-21-22-10-11-32(39,31(22,2)16-25(37)28(21)30)27(38)18-40-29-35-23-6-4-5-7-26(23)41-29/h4-7,14,17,21-22,25,28,37,39H,8-13,15-16,18H2,1-2H3/t21?,22?,25?,28?,30?,31?,32-/m0/s1. The fraction of sp³-hybridized carbons (Fsp3) is 0.562. The first-order valence-corrected chi connectivity index (χ1v) is 16.5. The van der Waals surface area contributed by atoms with E-state index >= 15 is 0 Å². The Balaban J connectivity index is 1.13. The van der Waals surface area contributed by atoms with E-state index in [2.05, 4.69) is 34.9 Å². The molecule has 7 rings (SSSR count). The number of aliphatic hydroxyl groups excluding tert-OH is 1. The Hall–Kier alpha value is -2.51. The van der Waals surface area contributed by atoms with Gasteiger partial charge < -0.3 is 15.1 Å². The van der Waals surface area contributed by atoms with Gasteiger partial charge in [0.2, 0.25) is 6.54 Å². The van der Waals surface area contributed by atoms with Crippen molar-refractivity contribution >= 4 is 45.2 Å². The molecule has 0 aliphatic heterocycles. The molecule has 6 unspecified atom stereocenters. The minimum atomic E-state index is -1.44. The highest BCUT2D eigenvalue weighted by Gasteiger charge is 2.68. The van der Waals surface area contributed by atoms with E-state index in [1.54, 1.807) is 11.3 Å². The molecule has 4 aliphatic rings. The van der Waals surface area contributed by atoms with Crippen LogP contribution >= 0.6 is 23.1 Å². The van der Waals surface area contributed by atoms with Gasteiger partial charge in [-0.15, -0.1) is 11.3 Å². The smallest absolute Gasteiger partial charge is 0.234 e. The number of thioether (sulfide) groups is 1. The Bertz CT molecular complexity index is 1570. The van der Waals surface area contributed by atoms with Crippen LogP contribution in [0.5, 0.6) is 0 Å². The lowest BCUT2D eigenvalue weighted by Gasteiger charge is -2.60. The number of carbonyl (C=O) groups excluding carboxylic acids is 1. The lowest BCUT2D eigenvalue weighted by atomic mass is 9.45. The Morgan fingerprint density at radius 2 is 2.12 bits per heavy atom. The number of aliphatic hydroxyl groups is 2. The van der Waals surface area contributed by atoms with E-state index in [1.165, 1.54) is 22.9 Å². The number of hydrogen-bond acceptors (Lipinski definition) is 7. The number of hydrogen-bond donors (Lipinski definition) is 2. The van der Waals surface area contributed by atoms with Gasteiger partial charge in [-0.05, 0) is 85.5 Å². The van der Waals surface area contributed by atoms with Crippen LogP contribution < -0.4 is 0 Å². The number of fused-ring (bicyclic) bond motifs is 7. The fourth-order valence-electron chi connectivity index (χ4n) is 9.18. The van der Waals surface area contributed by atoms with Crippen molar-refractivity contribution in [1.82, 2.24) is 14.8 Å². The number of carbonyl (C=O) groups is 1. The predicted octanol–water partition coefficient (Wildman–Crippen LogP) is 5.66. The van der Waals surface area contributed by atoms with Crippen LogP contribution in [0.3, 0.4) is 0 Å². The molecule has 1 aromatic carbocycles. The maximum Gasteiger partial charge on any atom is 0.234 e. The van der Waals surface area contributed by atoms with Gasteiger partial charge >= 0.3 is 0 Å². The number of benzene rings is 1. The van der Waals surface area contributed by atoms with Crippen molar-refractivity contribution in [2.24, 2.45) is 28.6 Å². The second kappa shape index (κ2) is 9.77. The number of allylic oxidation sites excluding steroid dienone is 1. The molecule has 7 atom stereocenters. The molecule has 3 fully saturated rings. The van der Waals surface area contributed by atoms with Gasteiger partial charge in [0.25, 0.3) is 0 Å². The van der Waals surface area contributed by atoms with Crippen molar-refractivity contribution in [3.05, 3.63) is 58.7 Å². The van der Waals surface area contributed by atoms with Crippen molar-refractivity contribution in [1.29, 1.82) is 0 Å². The van der Waals surface area contributed by atoms with Crippen molar-refractivity contribution in [2.45, 2.75) is 75.0 Å². The average Bonchev–Trinajstić information content (AvgIpc) is 3.62. The van der Waals surface area contributed by atoms with Crippen LogP contribution in [0.25, 0.3) is 21.1 Å². The van der Waals surface area contributed by atoms with Gasteiger partial charge in [-0.3, -0.25) is 9.48 Å². The number of thiazole rings is 1. The van der Waals surface area contributed by atoms with Crippen molar-refractivity contribution in [2.75, 3.05) is 12.3 Å². The molecule has 0 spiro atoms. The molecule has 2 N–H and O–H groups in total. The van der Waals surface area contributed by atoms with E-state index in [9.17, 15) is 15.0 Å². The summed E-state index contributed by atoms with van der Waals surface area (Å²) in [6.45, 7) is 12.5. The quantitative estimate of drug-likeness (QED) is 0.285. The molecule has 0 saturated heterocycles. The zero-order valence-electron chi connectivity index (χ0n) is 23.5. The number of Topliss-reactive ketones (excluding diaryl/α,β-unsaturated/α-hetero) is 1. The molecule has 7 nitrogen and oxygen atoms in total. The summed E-state index contributed by atoms with van der Waals surface area (Å²) in [6.07, 6.45) is 8.07. The van der Waals surface area contributed by atoms with Crippen LogP contribution in [-0.2, 0) is 17.8 Å². The predicted molar refractivity (Wildman–Crippen MR) is 161 cm³/mol. The van der Waals surface area contributed by atoms with Crippen LogP contribution in [0.1, 0.15) is 57.2 Å². The van der Waals surface area contributed by atoms with Gasteiger partial charge in [0.1, 0.15) is 12.1 Å². The van der Waals surface area contributed by atoms with E-state index in [0.717, 1.165) is 45.9 Å². The number of nitrogens with zero attached hydrogens (tertiary/aromatic N) is 4. The number of para-hydroxylation sites is 1. The summed E-state index contributed by atoms with van der Waals surface area (Å²) in [4.78, 5) is 21.9. The van der Waals surface area contributed by atoms with Crippen LogP contribution in [0.15, 0.2) is 40.4 Å². The van der Waals surface area contributed by atoms with Gasteiger partial charge in [-0.25, -0.2) is 11.6 Å². The molecule has 214 valence electrons. The Labute approximate surface area is 248 Å². The largest absolute Gasteiger partial charge is 0.393 e. The second-order valence-electron chi connectivity index (χ2n) is 13.0. The summed E-state index contributed by atoms with van der Waals surface area (Å²) in [6, 6.07) is 7.97. The van der Waals surface area contributed by atoms with Crippen LogP contribution in [0.4, 0.5) is 0 Å². The number of rotatable bonds is 6. The van der Waals surface area contributed by atoms with Crippen LogP contribution in [0, 0.1) is 35.2 Å². The zero-order valence-corrected chi connectivity index (χ0v) is 25.2. The molecule has 2 aromatic heterocycles. The molecule has 0 bridgehead atoms. The first kappa shape index (κ1) is 27.3. The highest BCUT2D eigenvalue weighted by atomic mass is 32.2. The normalized spacial score (nSPS) is 35.6.